The van der Waals surface area contributed by atoms with E-state index in [2.05, 4.69) is 58.9 Å². The Hall–Kier alpha value is -0.780. The third-order valence-corrected chi connectivity index (χ3v) is 3.23. The molecule has 0 radical (unpaired) electrons. The minimum Gasteiger partial charge on any atom is -0.0683 e. The van der Waals surface area contributed by atoms with Crippen LogP contribution in [0.1, 0.15) is 92.2 Å². The number of rotatable bonds is 3. The van der Waals surface area contributed by atoms with Crippen molar-refractivity contribution in [3.05, 3.63) is 35.4 Å². The second-order valence-electron chi connectivity index (χ2n) is 5.39. The van der Waals surface area contributed by atoms with Crippen molar-refractivity contribution in [3.8, 4) is 0 Å². The zero-order chi connectivity index (χ0) is 15.5. The molecule has 0 fully saturated rings. The fourth-order valence-electron chi connectivity index (χ4n) is 2.02. The quantitative estimate of drug-likeness (QED) is 0.554. The maximum Gasteiger partial charge on any atom is -0.0132 e. The summed E-state index contributed by atoms with van der Waals surface area (Å²) in [6.45, 7) is 19.3. The zero-order valence-corrected chi connectivity index (χ0v) is 14.8. The van der Waals surface area contributed by atoms with Gasteiger partial charge in [0.05, 0.1) is 0 Å². The topological polar surface area (TPSA) is 0 Å². The van der Waals surface area contributed by atoms with Crippen molar-refractivity contribution in [2.75, 3.05) is 0 Å². The number of benzene rings is 1. The van der Waals surface area contributed by atoms with E-state index in [1.807, 2.05) is 27.7 Å². The molecular weight excluding hydrogens is 228 g/mol. The molecule has 19 heavy (non-hydrogen) atoms. The first-order valence-corrected chi connectivity index (χ1v) is 8.09. The van der Waals surface area contributed by atoms with Crippen LogP contribution in [0.25, 0.3) is 0 Å². The zero-order valence-electron chi connectivity index (χ0n) is 14.8. The van der Waals surface area contributed by atoms with Crippen molar-refractivity contribution < 1.29 is 0 Å². The Morgan fingerprint density at radius 1 is 0.789 bits per heavy atom. The van der Waals surface area contributed by atoms with Gasteiger partial charge in [0.15, 0.2) is 0 Å². The predicted molar refractivity (Wildman–Crippen MR) is 91.2 cm³/mol. The van der Waals surface area contributed by atoms with Crippen LogP contribution < -0.4 is 0 Å². The molecule has 0 aliphatic rings. The summed E-state index contributed by atoms with van der Waals surface area (Å²) in [5.41, 5.74) is 3.19. The van der Waals surface area contributed by atoms with Crippen LogP contribution in [-0.2, 0) is 5.41 Å². The van der Waals surface area contributed by atoms with Gasteiger partial charge in [-0.3, -0.25) is 0 Å². The molecule has 0 heterocycles. The van der Waals surface area contributed by atoms with E-state index in [1.54, 1.807) is 0 Å². The van der Waals surface area contributed by atoms with Gasteiger partial charge in [-0.25, -0.2) is 0 Å². The molecule has 1 aromatic rings. The lowest BCUT2D eigenvalue weighted by molar-refractivity contribution is 0.588. The van der Waals surface area contributed by atoms with Gasteiger partial charge in [0.25, 0.3) is 0 Å². The lowest BCUT2D eigenvalue weighted by Gasteiger charge is -2.20. The lowest BCUT2D eigenvalue weighted by atomic mass is 9.85. The van der Waals surface area contributed by atoms with Crippen LogP contribution in [0.3, 0.4) is 0 Å². The van der Waals surface area contributed by atoms with E-state index < -0.39 is 0 Å². The summed E-state index contributed by atoms with van der Waals surface area (Å²) >= 11 is 0. The molecule has 1 aromatic carbocycles. The van der Waals surface area contributed by atoms with Crippen LogP contribution in [0.15, 0.2) is 24.3 Å². The first-order valence-electron chi connectivity index (χ1n) is 8.09. The van der Waals surface area contributed by atoms with Gasteiger partial charge in [-0.1, -0.05) is 86.6 Å². The maximum atomic E-state index is 2.30. The van der Waals surface area contributed by atoms with E-state index in [0.717, 1.165) is 5.92 Å². The molecule has 112 valence electrons. The average molecular weight is 264 g/mol. The summed E-state index contributed by atoms with van der Waals surface area (Å²) in [6.07, 6.45) is 2.48. The number of hydrogen-bond acceptors (Lipinski definition) is 0. The van der Waals surface area contributed by atoms with Crippen LogP contribution in [0.5, 0.6) is 0 Å². The Labute approximate surface area is 122 Å². The summed E-state index contributed by atoms with van der Waals surface area (Å²) in [7, 11) is 0. The highest BCUT2D eigenvalue weighted by atomic mass is 14.2. The molecule has 0 spiro atoms. The van der Waals surface area contributed by atoms with Crippen LogP contribution in [0.2, 0.25) is 0 Å². The minimum atomic E-state index is 0.270. The highest BCUT2D eigenvalue weighted by Gasteiger charge is 2.14. The van der Waals surface area contributed by atoms with Crippen molar-refractivity contribution in [1.82, 2.24) is 0 Å². The molecule has 0 atom stereocenters. The van der Waals surface area contributed by atoms with Crippen LogP contribution in [0, 0.1) is 0 Å². The molecule has 0 N–H and O–H groups in total. The largest absolute Gasteiger partial charge is 0.0683 e. The highest BCUT2D eigenvalue weighted by molar-refractivity contribution is 5.29. The van der Waals surface area contributed by atoms with Gasteiger partial charge in [-0.15, -0.1) is 0 Å². The van der Waals surface area contributed by atoms with Crippen molar-refractivity contribution in [3.63, 3.8) is 0 Å². The summed E-state index contributed by atoms with van der Waals surface area (Å²) in [5, 5.41) is 0. The van der Waals surface area contributed by atoms with Crippen LogP contribution in [-0.4, -0.2) is 0 Å². The van der Waals surface area contributed by atoms with E-state index in [-0.39, 0.29) is 5.41 Å². The van der Waals surface area contributed by atoms with E-state index in [1.165, 1.54) is 24.0 Å². The number of hydrogen-bond donors (Lipinski definition) is 0. The van der Waals surface area contributed by atoms with Gasteiger partial charge in [-0.2, -0.15) is 0 Å². The Bertz CT molecular complexity index is 283. The van der Waals surface area contributed by atoms with Gasteiger partial charge in [0.1, 0.15) is 0 Å². The molecule has 0 aromatic heterocycles. The molecule has 0 saturated carbocycles. The molecule has 1 rings (SSSR count). The van der Waals surface area contributed by atoms with Gasteiger partial charge >= 0.3 is 0 Å². The second kappa shape index (κ2) is 11.1. The first-order chi connectivity index (χ1) is 8.99. The lowest BCUT2D eigenvalue weighted by Crippen LogP contribution is -2.11. The van der Waals surface area contributed by atoms with Crippen LogP contribution in [0.4, 0.5) is 0 Å². The Morgan fingerprint density at radius 3 is 1.42 bits per heavy atom. The van der Waals surface area contributed by atoms with Crippen molar-refractivity contribution in [2.45, 2.75) is 86.5 Å². The van der Waals surface area contributed by atoms with Crippen molar-refractivity contribution in [1.29, 1.82) is 0 Å². The smallest absolute Gasteiger partial charge is 0.0132 e. The first kappa shape index (κ1) is 20.5. The summed E-state index contributed by atoms with van der Waals surface area (Å²) in [4.78, 5) is 0. The SMILES string of the molecule is CC.CC.CCC(CC)c1ccc(C(C)(C)C)cc1. The summed E-state index contributed by atoms with van der Waals surface area (Å²) in [5.74, 6) is 0.735. The average Bonchev–Trinajstić information content (AvgIpc) is 2.44. The van der Waals surface area contributed by atoms with Gasteiger partial charge in [0.2, 0.25) is 0 Å². The molecule has 0 aliphatic carbocycles. The minimum absolute atomic E-state index is 0.270. The highest BCUT2D eigenvalue weighted by Crippen LogP contribution is 2.27. The molecule has 0 bridgehead atoms. The van der Waals surface area contributed by atoms with Crippen molar-refractivity contribution in [2.24, 2.45) is 0 Å². The maximum absolute atomic E-state index is 2.30. The molecule has 0 unspecified atom stereocenters. The standard InChI is InChI=1S/C15H24.2C2H6/c1-6-12(7-2)13-8-10-14(11-9-13)15(3,4)5;2*1-2/h8-12H,6-7H2,1-5H3;2*1-2H3. The van der Waals surface area contributed by atoms with Crippen molar-refractivity contribution >= 4 is 0 Å². The molecule has 0 nitrogen and oxygen atoms in total. The van der Waals surface area contributed by atoms with E-state index >= 15 is 0 Å². The molecule has 0 aliphatic heterocycles. The fourth-order valence-corrected chi connectivity index (χ4v) is 2.02. The van der Waals surface area contributed by atoms with Gasteiger partial charge in [-0.05, 0) is 35.3 Å². The predicted octanol–water partition coefficient (Wildman–Crippen LogP) is 6.94. The van der Waals surface area contributed by atoms with Gasteiger partial charge in [0, 0.05) is 0 Å². The monoisotopic (exact) mass is 264 g/mol. The summed E-state index contributed by atoms with van der Waals surface area (Å²) in [6, 6.07) is 9.18. The molecule has 0 saturated heterocycles. The second-order valence-corrected chi connectivity index (χ2v) is 5.39. The Morgan fingerprint density at radius 2 is 1.16 bits per heavy atom. The summed E-state index contributed by atoms with van der Waals surface area (Å²) < 4.78 is 0. The third-order valence-electron chi connectivity index (χ3n) is 3.23. The third kappa shape index (κ3) is 7.40. The Kier molecular flexibility index (Phi) is 12.0. The normalized spacial score (nSPS) is 10.2. The Balaban J connectivity index is 0. The fraction of sp³-hybridized carbons (Fsp3) is 0.684. The van der Waals surface area contributed by atoms with E-state index in [0.29, 0.717) is 0 Å². The van der Waals surface area contributed by atoms with Crippen LogP contribution >= 0.6 is 0 Å². The molecule has 0 heteroatoms. The molecular formula is C19H36. The van der Waals surface area contributed by atoms with E-state index in [9.17, 15) is 0 Å². The molecule has 0 amide bonds. The van der Waals surface area contributed by atoms with E-state index in [4.69, 9.17) is 0 Å². The van der Waals surface area contributed by atoms with Gasteiger partial charge < -0.3 is 0 Å².